The van der Waals surface area contributed by atoms with Gasteiger partial charge in [0.05, 0.1) is 78.3 Å². The van der Waals surface area contributed by atoms with Crippen molar-refractivity contribution in [3.05, 3.63) is 11.9 Å². The van der Waals surface area contributed by atoms with Gasteiger partial charge in [0, 0.05) is 6.61 Å². The molecule has 0 radical (unpaired) electrons. The van der Waals surface area contributed by atoms with Crippen molar-refractivity contribution in [1.29, 1.82) is 0 Å². The summed E-state index contributed by atoms with van der Waals surface area (Å²) in [5.41, 5.74) is 5.78. The molecule has 12 heteroatoms. The molecule has 1 aromatic heterocycles. The molecule has 2 heterocycles. The smallest absolute Gasteiger partial charge is 0.111 e. The number of aliphatic hydroxyl groups excluding tert-OH is 2. The first-order valence-corrected chi connectivity index (χ1v) is 11.0. The van der Waals surface area contributed by atoms with E-state index in [0.717, 1.165) is 5.69 Å². The maximum atomic E-state index is 9.79. The Morgan fingerprint density at radius 2 is 1.69 bits per heavy atom. The first-order chi connectivity index (χ1) is 15.3. The number of hydrogen-bond acceptors (Lipinski definition) is 11. The van der Waals surface area contributed by atoms with E-state index in [1.54, 1.807) is 24.7 Å². The van der Waals surface area contributed by atoms with E-state index in [-0.39, 0.29) is 6.61 Å². The highest BCUT2D eigenvalue weighted by atomic mass is 16.6. The molecule has 3 unspecified atom stereocenters. The van der Waals surface area contributed by atoms with Gasteiger partial charge in [0.2, 0.25) is 0 Å². The summed E-state index contributed by atoms with van der Waals surface area (Å²) < 4.78 is 34.3. The molecule has 2 rings (SSSR count). The molecule has 1 saturated heterocycles. The van der Waals surface area contributed by atoms with Crippen LogP contribution in [0.15, 0.2) is 6.20 Å². The van der Waals surface area contributed by atoms with Crippen molar-refractivity contribution < 1.29 is 38.6 Å². The lowest BCUT2D eigenvalue weighted by Crippen LogP contribution is -2.46. The quantitative estimate of drug-likeness (QED) is 0.194. The molecular weight excluding hydrogens is 424 g/mol. The van der Waals surface area contributed by atoms with Gasteiger partial charge < -0.3 is 44.4 Å². The summed E-state index contributed by atoms with van der Waals surface area (Å²) in [5, 5.41) is 27.4. The SMILES string of the molecule is CC(C)(N)OCc1cn(CCOCCOCCOCCOCC2OCCC(O)C2O)nn1. The fourth-order valence-corrected chi connectivity index (χ4v) is 2.80. The summed E-state index contributed by atoms with van der Waals surface area (Å²) in [6.07, 6.45) is 0.0993. The highest BCUT2D eigenvalue weighted by Crippen LogP contribution is 2.14. The molecule has 186 valence electrons. The number of aromatic nitrogens is 3. The summed E-state index contributed by atoms with van der Waals surface area (Å²) in [5.74, 6) is 0. The van der Waals surface area contributed by atoms with Crippen molar-refractivity contribution in [3.8, 4) is 0 Å². The molecule has 3 atom stereocenters. The second-order valence-electron chi connectivity index (χ2n) is 8.03. The zero-order valence-corrected chi connectivity index (χ0v) is 19.1. The fraction of sp³-hybridized carbons (Fsp3) is 0.900. The van der Waals surface area contributed by atoms with E-state index in [2.05, 4.69) is 10.3 Å². The van der Waals surface area contributed by atoms with Crippen LogP contribution >= 0.6 is 0 Å². The summed E-state index contributed by atoms with van der Waals surface area (Å²) in [6, 6.07) is 0. The zero-order chi connectivity index (χ0) is 23.2. The van der Waals surface area contributed by atoms with E-state index < -0.39 is 24.0 Å². The lowest BCUT2D eigenvalue weighted by atomic mass is 10.0. The van der Waals surface area contributed by atoms with Crippen LogP contribution in [-0.2, 0) is 41.6 Å². The average Bonchev–Trinajstić information content (AvgIpc) is 3.20. The summed E-state index contributed by atoms with van der Waals surface area (Å²) in [4.78, 5) is 0. The van der Waals surface area contributed by atoms with Gasteiger partial charge in [0.1, 0.15) is 23.6 Å². The van der Waals surface area contributed by atoms with E-state index >= 15 is 0 Å². The van der Waals surface area contributed by atoms with Crippen LogP contribution in [0.4, 0.5) is 0 Å². The van der Waals surface area contributed by atoms with Gasteiger partial charge in [-0.2, -0.15) is 0 Å². The largest absolute Gasteiger partial charge is 0.390 e. The minimum atomic E-state index is -0.905. The van der Waals surface area contributed by atoms with Crippen LogP contribution in [0.25, 0.3) is 0 Å². The maximum Gasteiger partial charge on any atom is 0.111 e. The molecule has 32 heavy (non-hydrogen) atoms. The molecule has 12 nitrogen and oxygen atoms in total. The van der Waals surface area contributed by atoms with Crippen molar-refractivity contribution in [2.45, 2.75) is 57.5 Å². The van der Waals surface area contributed by atoms with Crippen molar-refractivity contribution in [2.75, 3.05) is 59.5 Å². The summed E-state index contributed by atoms with van der Waals surface area (Å²) in [6.45, 7) is 8.28. The van der Waals surface area contributed by atoms with Crippen LogP contribution in [0.5, 0.6) is 0 Å². The van der Waals surface area contributed by atoms with Gasteiger partial charge in [-0.15, -0.1) is 5.10 Å². The van der Waals surface area contributed by atoms with Gasteiger partial charge in [-0.05, 0) is 20.3 Å². The van der Waals surface area contributed by atoms with Gasteiger partial charge in [-0.3, -0.25) is 0 Å². The Labute approximate surface area is 188 Å². The normalized spacial score (nSPS) is 21.8. The monoisotopic (exact) mass is 462 g/mol. The standard InChI is InChI=1S/C20H38N4O8/c1-20(2,21)32-14-16-13-24(23-22-16)4-6-27-7-8-28-9-10-29-11-12-30-15-18-19(26)17(25)3-5-31-18/h13,17-19,25-26H,3-12,14-15,21H2,1-2H3. The highest BCUT2D eigenvalue weighted by Gasteiger charge is 2.31. The number of ether oxygens (including phenoxy) is 6. The molecule has 0 aromatic carbocycles. The molecule has 4 N–H and O–H groups in total. The van der Waals surface area contributed by atoms with Crippen LogP contribution in [-0.4, -0.2) is 109 Å². The molecule has 1 aliphatic heterocycles. The average molecular weight is 463 g/mol. The number of nitrogens with zero attached hydrogens (tertiary/aromatic N) is 3. The van der Waals surface area contributed by atoms with Crippen molar-refractivity contribution in [3.63, 3.8) is 0 Å². The van der Waals surface area contributed by atoms with Gasteiger partial charge >= 0.3 is 0 Å². The Morgan fingerprint density at radius 1 is 1.06 bits per heavy atom. The van der Waals surface area contributed by atoms with Crippen LogP contribution in [0.1, 0.15) is 26.0 Å². The Hall–Kier alpha value is -1.22. The van der Waals surface area contributed by atoms with Crippen LogP contribution < -0.4 is 5.73 Å². The molecule has 1 aromatic rings. The van der Waals surface area contributed by atoms with Gasteiger partial charge in [-0.25, -0.2) is 4.68 Å². The number of hydrogen-bond donors (Lipinski definition) is 3. The maximum absolute atomic E-state index is 9.79. The molecule has 1 aliphatic rings. The molecule has 0 spiro atoms. The second kappa shape index (κ2) is 14.8. The first kappa shape index (κ1) is 27.0. The Bertz CT molecular complexity index is 613. The van der Waals surface area contributed by atoms with Crippen molar-refractivity contribution >= 4 is 0 Å². The van der Waals surface area contributed by atoms with E-state index in [0.29, 0.717) is 72.4 Å². The van der Waals surface area contributed by atoms with Gasteiger partial charge in [-0.1, -0.05) is 5.21 Å². The van der Waals surface area contributed by atoms with E-state index in [4.69, 9.17) is 34.2 Å². The van der Waals surface area contributed by atoms with Gasteiger partial charge in [0.15, 0.2) is 0 Å². The highest BCUT2D eigenvalue weighted by molar-refractivity contribution is 4.90. The Morgan fingerprint density at radius 3 is 2.34 bits per heavy atom. The summed E-state index contributed by atoms with van der Waals surface area (Å²) >= 11 is 0. The predicted octanol–water partition coefficient (Wildman–Crippen LogP) is -0.933. The van der Waals surface area contributed by atoms with Gasteiger partial charge in [0.25, 0.3) is 0 Å². The third-order valence-corrected chi connectivity index (χ3v) is 4.56. The third kappa shape index (κ3) is 11.6. The number of rotatable bonds is 17. The molecule has 0 bridgehead atoms. The molecule has 1 fully saturated rings. The molecular formula is C20H38N4O8. The number of nitrogens with two attached hydrogens (primary N) is 1. The lowest BCUT2D eigenvalue weighted by Gasteiger charge is -2.31. The molecule has 0 amide bonds. The Kier molecular flexibility index (Phi) is 12.5. The minimum Gasteiger partial charge on any atom is -0.390 e. The fourth-order valence-electron chi connectivity index (χ4n) is 2.80. The summed E-state index contributed by atoms with van der Waals surface area (Å²) in [7, 11) is 0. The molecule has 0 saturated carbocycles. The third-order valence-electron chi connectivity index (χ3n) is 4.56. The lowest BCUT2D eigenvalue weighted by molar-refractivity contribution is -0.156. The van der Waals surface area contributed by atoms with E-state index in [9.17, 15) is 10.2 Å². The van der Waals surface area contributed by atoms with Crippen LogP contribution in [0.3, 0.4) is 0 Å². The van der Waals surface area contributed by atoms with Crippen LogP contribution in [0, 0.1) is 0 Å². The van der Waals surface area contributed by atoms with Crippen molar-refractivity contribution in [1.82, 2.24) is 15.0 Å². The second-order valence-corrected chi connectivity index (χ2v) is 8.03. The van der Waals surface area contributed by atoms with E-state index in [1.807, 2.05) is 0 Å². The van der Waals surface area contributed by atoms with E-state index in [1.165, 1.54) is 0 Å². The Balaban J connectivity index is 1.34. The number of aliphatic hydroxyl groups is 2. The van der Waals surface area contributed by atoms with Crippen molar-refractivity contribution in [2.24, 2.45) is 5.73 Å². The topological polar surface area (TPSA) is 153 Å². The van der Waals surface area contributed by atoms with Crippen LogP contribution in [0.2, 0.25) is 0 Å². The minimum absolute atomic E-state index is 0.227. The molecule has 0 aliphatic carbocycles. The zero-order valence-electron chi connectivity index (χ0n) is 19.1. The predicted molar refractivity (Wildman–Crippen MR) is 113 cm³/mol. The first-order valence-electron chi connectivity index (χ1n) is 11.0.